The first-order chi connectivity index (χ1) is 13.0. The summed E-state index contributed by atoms with van der Waals surface area (Å²) in [5, 5.41) is 10.4. The van der Waals surface area contributed by atoms with E-state index < -0.39 is 0 Å². The highest BCUT2D eigenvalue weighted by molar-refractivity contribution is 9.10. The van der Waals surface area contributed by atoms with E-state index in [1.165, 1.54) is 7.11 Å². The third-order valence-electron chi connectivity index (χ3n) is 4.29. The van der Waals surface area contributed by atoms with Crippen LogP contribution in [0, 0.1) is 18.3 Å². The molecule has 0 radical (unpaired) electrons. The van der Waals surface area contributed by atoms with Crippen LogP contribution in [-0.2, 0) is 0 Å². The number of Topliss-reactive ketones (excluding diaryl/α,β-unsaturated/α-hetero) is 1. The van der Waals surface area contributed by atoms with Crippen molar-refractivity contribution in [3.8, 4) is 17.6 Å². The van der Waals surface area contributed by atoms with Crippen molar-refractivity contribution < 1.29 is 14.3 Å². The first-order valence-corrected chi connectivity index (χ1v) is 8.94. The summed E-state index contributed by atoms with van der Waals surface area (Å²) in [7, 11) is 3.08. The monoisotopic (exact) mass is 424 g/mol. The molecule has 1 N–H and O–H groups in total. The van der Waals surface area contributed by atoms with Crippen molar-refractivity contribution in [2.45, 2.75) is 6.92 Å². The Balaban J connectivity index is 2.11. The number of carbonyl (C=O) groups excluding carboxylic acids is 1. The number of rotatable bonds is 5. The number of methoxy groups -OCH3 is 2. The molecule has 0 aliphatic heterocycles. The number of aromatic nitrogens is 1. The van der Waals surface area contributed by atoms with Crippen LogP contribution in [0.3, 0.4) is 0 Å². The molecule has 0 saturated heterocycles. The Hall–Kier alpha value is -3.04. The lowest BCUT2D eigenvalue weighted by Gasteiger charge is -2.10. The van der Waals surface area contributed by atoms with E-state index in [2.05, 4.69) is 20.9 Å². The van der Waals surface area contributed by atoms with Gasteiger partial charge < -0.3 is 14.5 Å². The zero-order chi connectivity index (χ0) is 19.6. The van der Waals surface area contributed by atoms with Gasteiger partial charge in [0.25, 0.3) is 0 Å². The maximum Gasteiger partial charge on any atom is 0.205 e. The van der Waals surface area contributed by atoms with Crippen molar-refractivity contribution >= 4 is 38.7 Å². The van der Waals surface area contributed by atoms with Crippen LogP contribution in [0.4, 0.5) is 0 Å². The molecular weight excluding hydrogens is 408 g/mol. The highest BCUT2D eigenvalue weighted by Crippen LogP contribution is 2.35. The van der Waals surface area contributed by atoms with Gasteiger partial charge in [0.15, 0.2) is 11.5 Å². The molecule has 5 nitrogen and oxygen atoms in total. The molecule has 6 heteroatoms. The molecule has 0 saturated carbocycles. The summed E-state index contributed by atoms with van der Waals surface area (Å²) in [6.07, 6.45) is 1.55. The quantitative estimate of drug-likeness (QED) is 0.353. The first-order valence-electron chi connectivity index (χ1n) is 8.15. The van der Waals surface area contributed by atoms with Crippen LogP contribution in [0.5, 0.6) is 11.5 Å². The fraction of sp³-hybridized carbons (Fsp3) is 0.143. The molecule has 3 aromatic rings. The fourth-order valence-corrected chi connectivity index (χ4v) is 3.43. The molecule has 0 atom stereocenters. The highest BCUT2D eigenvalue weighted by atomic mass is 79.9. The number of ketones is 1. The molecule has 0 amide bonds. The van der Waals surface area contributed by atoms with Gasteiger partial charge >= 0.3 is 0 Å². The lowest BCUT2D eigenvalue weighted by atomic mass is 9.99. The van der Waals surface area contributed by atoms with Gasteiger partial charge in [-0.1, -0.05) is 34.1 Å². The van der Waals surface area contributed by atoms with Crippen molar-refractivity contribution in [1.82, 2.24) is 4.98 Å². The number of nitrogens with zero attached hydrogens (tertiary/aromatic N) is 1. The van der Waals surface area contributed by atoms with Crippen molar-refractivity contribution in [3.05, 3.63) is 63.3 Å². The molecule has 0 aliphatic carbocycles. The zero-order valence-electron chi connectivity index (χ0n) is 15.1. The van der Waals surface area contributed by atoms with Crippen molar-refractivity contribution in [3.63, 3.8) is 0 Å². The van der Waals surface area contributed by atoms with E-state index in [9.17, 15) is 10.1 Å². The van der Waals surface area contributed by atoms with Crippen molar-refractivity contribution in [1.29, 1.82) is 5.26 Å². The Morgan fingerprint density at radius 3 is 2.52 bits per heavy atom. The second-order valence-electron chi connectivity index (χ2n) is 5.90. The lowest BCUT2D eigenvalue weighted by Crippen LogP contribution is -2.03. The van der Waals surface area contributed by atoms with Gasteiger partial charge in [0.05, 0.1) is 19.8 Å². The number of hydrogen-bond acceptors (Lipinski definition) is 4. The molecule has 0 aliphatic rings. The summed E-state index contributed by atoms with van der Waals surface area (Å²) in [5.74, 6) is 0.743. The second-order valence-corrected chi connectivity index (χ2v) is 6.75. The minimum absolute atomic E-state index is 0.0378. The number of halogens is 1. The van der Waals surface area contributed by atoms with E-state index in [4.69, 9.17) is 9.47 Å². The number of hydrogen-bond donors (Lipinski definition) is 1. The number of fused-ring (bicyclic) bond motifs is 1. The minimum Gasteiger partial charge on any atom is -0.493 e. The number of ether oxygens (including phenoxy) is 2. The van der Waals surface area contributed by atoms with Crippen LogP contribution >= 0.6 is 15.9 Å². The Morgan fingerprint density at radius 2 is 1.85 bits per heavy atom. The van der Waals surface area contributed by atoms with Gasteiger partial charge in [0.1, 0.15) is 11.6 Å². The van der Waals surface area contributed by atoms with Crippen molar-refractivity contribution in [2.75, 3.05) is 14.2 Å². The van der Waals surface area contributed by atoms with Gasteiger partial charge in [-0.2, -0.15) is 5.26 Å². The van der Waals surface area contributed by atoms with E-state index in [-0.39, 0.29) is 11.4 Å². The third-order valence-corrected chi connectivity index (χ3v) is 4.98. The Labute approximate surface area is 165 Å². The number of aromatic amines is 1. The third kappa shape index (κ3) is 3.46. The molecular formula is C21H17BrN2O3. The molecule has 136 valence electrons. The maximum absolute atomic E-state index is 13.1. The molecule has 27 heavy (non-hydrogen) atoms. The normalized spacial score (nSPS) is 11.3. The van der Waals surface area contributed by atoms with Crippen LogP contribution in [0.15, 0.2) is 46.4 Å². The van der Waals surface area contributed by atoms with E-state index in [0.29, 0.717) is 27.1 Å². The number of carbonyl (C=O) groups is 1. The Kier molecular flexibility index (Phi) is 5.33. The van der Waals surface area contributed by atoms with E-state index in [0.717, 1.165) is 16.6 Å². The van der Waals surface area contributed by atoms with Crippen molar-refractivity contribution in [2.24, 2.45) is 0 Å². The van der Waals surface area contributed by atoms with Gasteiger partial charge in [-0.05, 0) is 36.8 Å². The largest absolute Gasteiger partial charge is 0.493 e. The topological polar surface area (TPSA) is 75.1 Å². The van der Waals surface area contributed by atoms with Gasteiger partial charge in [0.2, 0.25) is 5.78 Å². The summed E-state index contributed by atoms with van der Waals surface area (Å²) in [4.78, 5) is 16.3. The second kappa shape index (κ2) is 7.68. The highest BCUT2D eigenvalue weighted by Gasteiger charge is 2.20. The first kappa shape index (κ1) is 18.7. The number of para-hydroxylation sites is 1. The number of allylic oxidation sites excluding steroid dienone is 1. The molecule has 0 spiro atoms. The SMILES string of the molecule is COc1cc(Br)c(/C=C(\C#N)C(=O)c2c(C)[nH]c3ccccc23)cc1OC. The van der Waals surface area contributed by atoms with Crippen LogP contribution in [0.2, 0.25) is 0 Å². The standard InChI is InChI=1S/C21H17BrN2O3/c1-12-20(15-6-4-5-7-17(15)24-12)21(25)14(11-23)8-13-9-18(26-2)19(27-3)10-16(13)22/h4-10,24H,1-3H3/b14-8+. The van der Waals surface area contributed by atoms with Crippen LogP contribution < -0.4 is 9.47 Å². The van der Waals surface area contributed by atoms with E-state index in [1.54, 1.807) is 25.3 Å². The summed E-state index contributed by atoms with van der Waals surface area (Å²) in [6, 6.07) is 13.0. The van der Waals surface area contributed by atoms with Crippen LogP contribution in [-0.4, -0.2) is 25.0 Å². The van der Waals surface area contributed by atoms with Gasteiger partial charge in [-0.25, -0.2) is 0 Å². The number of nitrogens with one attached hydrogen (secondary N) is 1. The zero-order valence-corrected chi connectivity index (χ0v) is 16.7. The van der Waals surface area contributed by atoms with E-state index in [1.807, 2.05) is 37.3 Å². The smallest absolute Gasteiger partial charge is 0.205 e. The average Bonchev–Trinajstić information content (AvgIpc) is 3.01. The Morgan fingerprint density at radius 1 is 1.19 bits per heavy atom. The molecule has 0 fully saturated rings. The average molecular weight is 425 g/mol. The summed E-state index contributed by atoms with van der Waals surface area (Å²) >= 11 is 3.45. The number of aryl methyl sites for hydroxylation is 1. The lowest BCUT2D eigenvalue weighted by molar-refractivity contribution is 0.104. The predicted molar refractivity (Wildman–Crippen MR) is 108 cm³/mol. The minimum atomic E-state index is -0.325. The van der Waals surface area contributed by atoms with Gasteiger partial charge in [-0.3, -0.25) is 4.79 Å². The predicted octanol–water partition coefficient (Wildman–Crippen LogP) is 5.05. The number of nitriles is 1. The number of benzene rings is 2. The molecule has 1 aromatic heterocycles. The molecule has 3 rings (SSSR count). The summed E-state index contributed by atoms with van der Waals surface area (Å²) in [6.45, 7) is 1.83. The summed E-state index contributed by atoms with van der Waals surface area (Å²) in [5.41, 5.74) is 2.79. The number of H-pyrrole nitrogens is 1. The Bertz CT molecular complexity index is 1110. The molecule has 0 bridgehead atoms. The molecule has 0 unspecified atom stereocenters. The summed E-state index contributed by atoms with van der Waals surface area (Å²) < 4.78 is 11.3. The van der Waals surface area contributed by atoms with Crippen LogP contribution in [0.25, 0.3) is 17.0 Å². The van der Waals surface area contributed by atoms with Gasteiger partial charge in [-0.15, -0.1) is 0 Å². The molecule has 2 aromatic carbocycles. The molecule has 1 heterocycles. The fourth-order valence-electron chi connectivity index (χ4n) is 2.99. The van der Waals surface area contributed by atoms with Crippen LogP contribution in [0.1, 0.15) is 21.6 Å². The van der Waals surface area contributed by atoms with Gasteiger partial charge in [0, 0.05) is 21.1 Å². The maximum atomic E-state index is 13.1. The van der Waals surface area contributed by atoms with E-state index >= 15 is 0 Å².